The number of hydrogen-bond donors (Lipinski definition) is 5. The molecule has 6 rings (SSSR count). The van der Waals surface area contributed by atoms with Gasteiger partial charge >= 0.3 is 7.12 Å². The predicted octanol–water partition coefficient (Wildman–Crippen LogP) is 6.31. The maximum atomic E-state index is 13.8. The number of aryl methyl sites for hydroxylation is 1. The summed E-state index contributed by atoms with van der Waals surface area (Å²) in [5, 5.41) is 16.2. The molecule has 2 aromatic carbocycles. The average Bonchev–Trinajstić information content (AvgIpc) is 3.62. The van der Waals surface area contributed by atoms with Crippen molar-refractivity contribution in [1.29, 1.82) is 0 Å². The molecule has 2 aromatic rings. The molecule has 7 N–H and O–H groups in total. The molecule has 1 saturated heterocycles. The van der Waals surface area contributed by atoms with Crippen LogP contribution in [0.15, 0.2) is 48.5 Å². The summed E-state index contributed by atoms with van der Waals surface area (Å²) in [5.41, 5.74) is 15.5. The number of carbonyl (C=O) groups excluding carboxylic acids is 5. The van der Waals surface area contributed by atoms with Crippen molar-refractivity contribution in [2.45, 2.75) is 168 Å². The van der Waals surface area contributed by atoms with Crippen molar-refractivity contribution in [3.8, 4) is 0 Å². The van der Waals surface area contributed by atoms with Crippen molar-refractivity contribution < 1.29 is 38.4 Å². The topological polar surface area (TPSA) is 200 Å². The highest BCUT2D eigenvalue weighted by Gasteiger charge is 2.68. The number of amides is 2. The van der Waals surface area contributed by atoms with E-state index in [4.69, 9.17) is 20.8 Å². The molecule has 2 amide bonds. The quantitative estimate of drug-likeness (QED) is 0.0406. The smallest absolute Gasteiger partial charge is 0.405 e. The van der Waals surface area contributed by atoms with Crippen LogP contribution in [0.1, 0.15) is 146 Å². The minimum atomic E-state index is -1.32. The zero-order valence-corrected chi connectivity index (χ0v) is 39.0. The molecular formula is C50H75BN4O8. The Morgan fingerprint density at radius 1 is 0.794 bits per heavy atom. The number of carbonyl (C=O) groups is 5. The minimum Gasteiger partial charge on any atom is -0.405 e. The summed E-state index contributed by atoms with van der Waals surface area (Å²) >= 11 is 0. The molecule has 10 atom stereocenters. The molecule has 1 aliphatic heterocycles. The fraction of sp³-hybridized carbons (Fsp3) is 0.660. The third-order valence-electron chi connectivity index (χ3n) is 14.5. The molecule has 12 nitrogen and oxygen atoms in total. The van der Waals surface area contributed by atoms with Gasteiger partial charge in [0.05, 0.1) is 23.9 Å². The van der Waals surface area contributed by atoms with Gasteiger partial charge in [-0.25, -0.2) is 0 Å². The normalized spacial score (nSPS) is 23.9. The molecule has 0 aromatic heterocycles. The number of Topliss-reactive ketones (excluding diaryl/α,β-unsaturated/α-hetero) is 3. The first-order valence-corrected chi connectivity index (χ1v) is 23.7. The van der Waals surface area contributed by atoms with Crippen molar-refractivity contribution in [3.63, 3.8) is 0 Å². The van der Waals surface area contributed by atoms with Crippen LogP contribution in [0, 0.1) is 29.1 Å². The van der Waals surface area contributed by atoms with Gasteiger partial charge in [0.15, 0.2) is 17.3 Å². The molecule has 0 spiro atoms. The molecule has 3 saturated carbocycles. The van der Waals surface area contributed by atoms with Gasteiger partial charge in [0.2, 0.25) is 11.8 Å². The van der Waals surface area contributed by atoms with Crippen LogP contribution in [0.5, 0.6) is 0 Å². The molecule has 13 heteroatoms. The molecule has 1 heterocycles. The number of nitrogens with two attached hydrogens (primary N) is 2. The van der Waals surface area contributed by atoms with Crippen LogP contribution in [-0.4, -0.2) is 84.4 Å². The van der Waals surface area contributed by atoms with E-state index in [-0.39, 0.29) is 61.1 Å². The Hall–Kier alpha value is -3.75. The lowest BCUT2D eigenvalue weighted by atomic mass is 9.43. The average molecular weight is 871 g/mol. The lowest BCUT2D eigenvalue weighted by Gasteiger charge is -2.64. The second-order valence-electron chi connectivity index (χ2n) is 19.8. The van der Waals surface area contributed by atoms with Crippen LogP contribution in [0.2, 0.25) is 5.82 Å². The Balaban J connectivity index is 1.13. The molecule has 2 bridgehead atoms. The molecule has 3 aliphatic carbocycles. The summed E-state index contributed by atoms with van der Waals surface area (Å²) in [4.78, 5) is 68.1. The second-order valence-corrected chi connectivity index (χ2v) is 19.8. The number of hydrogen-bond acceptors (Lipinski definition) is 10. The zero-order chi connectivity index (χ0) is 46.1. The number of rotatable bonds is 26. The number of benzene rings is 2. The van der Waals surface area contributed by atoms with Crippen molar-refractivity contribution in [2.24, 2.45) is 40.6 Å². The van der Waals surface area contributed by atoms with Gasteiger partial charge in [-0.15, -0.1) is 0 Å². The number of unbranched alkanes of at least 4 members (excludes halogenated alkanes) is 2. The fourth-order valence-electron chi connectivity index (χ4n) is 10.2. The van der Waals surface area contributed by atoms with Gasteiger partial charge in [0.25, 0.3) is 0 Å². The number of ketones is 3. The van der Waals surface area contributed by atoms with E-state index in [2.05, 4.69) is 62.6 Å². The van der Waals surface area contributed by atoms with E-state index in [0.717, 1.165) is 44.1 Å². The minimum absolute atomic E-state index is 0.00250. The van der Waals surface area contributed by atoms with Crippen LogP contribution in [0.3, 0.4) is 0 Å². The van der Waals surface area contributed by atoms with Gasteiger partial charge in [-0.05, 0) is 124 Å². The Bertz CT molecular complexity index is 1870. The maximum Gasteiger partial charge on any atom is 0.461 e. The molecule has 4 aliphatic rings. The van der Waals surface area contributed by atoms with Crippen LogP contribution >= 0.6 is 0 Å². The van der Waals surface area contributed by atoms with E-state index < -0.39 is 60.3 Å². The summed E-state index contributed by atoms with van der Waals surface area (Å²) in [6, 6.07) is 13.9. The van der Waals surface area contributed by atoms with E-state index in [1.54, 1.807) is 19.1 Å². The van der Waals surface area contributed by atoms with Crippen molar-refractivity contribution in [1.82, 2.24) is 10.6 Å². The lowest BCUT2D eigenvalue weighted by molar-refractivity contribution is -0.199. The highest BCUT2D eigenvalue weighted by atomic mass is 16.7. The van der Waals surface area contributed by atoms with E-state index in [1.165, 1.54) is 18.1 Å². The van der Waals surface area contributed by atoms with Gasteiger partial charge in [-0.2, -0.15) is 0 Å². The highest BCUT2D eigenvalue weighted by molar-refractivity contribution is 6.47. The largest absolute Gasteiger partial charge is 0.461 e. The molecule has 346 valence electrons. The van der Waals surface area contributed by atoms with Gasteiger partial charge in [-0.1, -0.05) is 89.6 Å². The summed E-state index contributed by atoms with van der Waals surface area (Å²) < 4.78 is 13.1. The number of nitrogens with one attached hydrogen (secondary N) is 2. The van der Waals surface area contributed by atoms with E-state index >= 15 is 0 Å². The van der Waals surface area contributed by atoms with Crippen LogP contribution in [-0.2, 0) is 41.3 Å². The first kappa shape index (κ1) is 50.3. The van der Waals surface area contributed by atoms with Crippen molar-refractivity contribution in [3.05, 3.63) is 70.8 Å². The molecule has 1 unspecified atom stereocenters. The molecule has 63 heavy (non-hydrogen) atoms. The Morgan fingerprint density at radius 3 is 2.05 bits per heavy atom. The predicted molar refractivity (Wildman–Crippen MR) is 247 cm³/mol. The maximum absolute atomic E-state index is 13.8. The zero-order valence-electron chi connectivity index (χ0n) is 39.0. The van der Waals surface area contributed by atoms with Gasteiger partial charge in [0, 0.05) is 36.7 Å². The summed E-state index contributed by atoms with van der Waals surface area (Å²) in [6.45, 7) is 14.5. The lowest BCUT2D eigenvalue weighted by Crippen LogP contribution is -2.65. The van der Waals surface area contributed by atoms with Crippen molar-refractivity contribution in [2.75, 3.05) is 13.1 Å². The second kappa shape index (κ2) is 22.4. The van der Waals surface area contributed by atoms with Gasteiger partial charge < -0.3 is 36.5 Å². The van der Waals surface area contributed by atoms with E-state index in [1.807, 2.05) is 19.1 Å². The molecule has 0 radical (unpaired) electrons. The van der Waals surface area contributed by atoms with Crippen LogP contribution in [0.4, 0.5) is 0 Å². The summed E-state index contributed by atoms with van der Waals surface area (Å²) in [5.74, 6) is -2.92. The third kappa shape index (κ3) is 12.5. The first-order chi connectivity index (χ1) is 29.9. The first-order valence-electron chi connectivity index (χ1n) is 23.7. The van der Waals surface area contributed by atoms with Crippen LogP contribution < -0.4 is 22.1 Å². The summed E-state index contributed by atoms with van der Waals surface area (Å²) in [6.07, 6.45) is 6.55. The Labute approximate surface area is 376 Å². The number of aliphatic hydroxyl groups excluding tert-OH is 1. The Kier molecular flexibility index (Phi) is 17.9. The van der Waals surface area contributed by atoms with Crippen LogP contribution in [0.25, 0.3) is 0 Å². The number of aliphatic hydroxyl groups is 1. The standard InChI is InChI=1S/C50H75BN4O8/c1-8-9-12-34-14-16-35(17-15-34)27-36-18-20-37(21-19-36)41(57)28-38(22-24-53)48(61)55-46(33(4)56)43(59)25-31(2)47(60)54-40(13-10-11-23-52)42(58)26-32(3)51-62-45-30-39-29-44(49(39,5)6)50(45,7)63-51/h14-21,31-33,38-40,44-46,56H,8-13,22-30,52-53H2,1-7H3,(H,54,60)(H,55,61)/t31-,32-,33-,38-,39+,40+,44+,45?,46+,50+/m1/s1. The third-order valence-corrected chi connectivity index (χ3v) is 14.5. The van der Waals surface area contributed by atoms with E-state index in [0.29, 0.717) is 43.2 Å². The SMILES string of the molecule is CCCCc1ccc(Cc2ccc(C(=O)C[C@@H](CCN)C(=O)N[C@H](C(=O)C[C@@H](C)C(=O)N[C@@H](CCCCN)C(=O)C[C@@H](C)B3OC4C[C@@H]5C[C@@H](C5(C)C)[C@]4(C)O3)[C@@H](C)O)cc2)cc1. The van der Waals surface area contributed by atoms with Gasteiger partial charge in [-0.3, -0.25) is 24.0 Å². The highest BCUT2D eigenvalue weighted by Crippen LogP contribution is 2.66. The summed E-state index contributed by atoms with van der Waals surface area (Å²) in [7, 11) is -0.521. The molecule has 4 fully saturated rings. The molecular weight excluding hydrogens is 795 g/mol. The van der Waals surface area contributed by atoms with E-state index in [9.17, 15) is 29.1 Å². The fourth-order valence-corrected chi connectivity index (χ4v) is 10.2. The van der Waals surface area contributed by atoms with Gasteiger partial charge in [0.1, 0.15) is 6.04 Å². The van der Waals surface area contributed by atoms with Crippen molar-refractivity contribution >= 4 is 36.3 Å². The monoisotopic (exact) mass is 871 g/mol. The Morgan fingerprint density at radius 2 is 1.44 bits per heavy atom.